The Balaban J connectivity index is 2.38. The van der Waals surface area contributed by atoms with Crippen molar-refractivity contribution in [3.8, 4) is 18.0 Å². The Morgan fingerprint density at radius 3 is 1.82 bits per heavy atom. The van der Waals surface area contributed by atoms with E-state index in [0.29, 0.717) is 27.9 Å². The predicted octanol–water partition coefficient (Wildman–Crippen LogP) is 2.44. The first-order valence-corrected chi connectivity index (χ1v) is 7.94. The second-order valence-electron chi connectivity index (χ2n) is 5.80. The Kier molecular flexibility index (Phi) is 3.66. The minimum Gasteiger partial charge on any atom is -0.479 e. The molecule has 0 fully saturated rings. The Hall–Kier alpha value is -4.49. The van der Waals surface area contributed by atoms with Crippen LogP contribution in [0.25, 0.3) is 37.9 Å². The highest BCUT2D eigenvalue weighted by atomic mass is 16.5. The fourth-order valence-electron chi connectivity index (χ4n) is 2.87. The normalized spacial score (nSPS) is 10.6. The van der Waals surface area contributed by atoms with Crippen LogP contribution in [0, 0.1) is 43.1 Å². The standard InChI is InChI=1S/C18H9N9O/c1-7-9(5-19)24-13-11(22-7)15-12(23-8(2)17(21-3)26-15)14-16(13)27-18(28-4)10(6-20)25-14/h1-2,4H3. The van der Waals surface area contributed by atoms with Crippen molar-refractivity contribution in [1.29, 1.82) is 10.5 Å². The maximum absolute atomic E-state index is 9.37. The van der Waals surface area contributed by atoms with Gasteiger partial charge in [0.1, 0.15) is 39.7 Å². The fourth-order valence-corrected chi connectivity index (χ4v) is 2.87. The number of aromatic nitrogens is 6. The Morgan fingerprint density at radius 2 is 1.25 bits per heavy atom. The van der Waals surface area contributed by atoms with Crippen LogP contribution < -0.4 is 4.74 Å². The number of nitriles is 2. The zero-order valence-electron chi connectivity index (χ0n) is 14.9. The van der Waals surface area contributed by atoms with Gasteiger partial charge in [-0.2, -0.15) is 10.5 Å². The van der Waals surface area contributed by atoms with E-state index < -0.39 is 0 Å². The molecule has 10 nitrogen and oxygen atoms in total. The number of hydrogen-bond acceptors (Lipinski definition) is 9. The molecule has 0 N–H and O–H groups in total. The summed E-state index contributed by atoms with van der Waals surface area (Å²) in [6.45, 7) is 10.6. The molecule has 0 saturated heterocycles. The molecule has 0 aliphatic heterocycles. The maximum atomic E-state index is 9.37. The number of ether oxygens (including phenoxy) is 1. The molecule has 0 spiro atoms. The van der Waals surface area contributed by atoms with Gasteiger partial charge in [0.25, 0.3) is 11.7 Å². The largest absolute Gasteiger partial charge is 0.479 e. The first kappa shape index (κ1) is 17.0. The summed E-state index contributed by atoms with van der Waals surface area (Å²) in [7, 11) is 1.38. The summed E-state index contributed by atoms with van der Waals surface area (Å²) in [5, 5.41) is 18.7. The van der Waals surface area contributed by atoms with Crippen LogP contribution >= 0.6 is 0 Å². The summed E-state index contributed by atoms with van der Waals surface area (Å²) in [5.74, 6) is 0.151. The van der Waals surface area contributed by atoms with Gasteiger partial charge >= 0.3 is 0 Å². The molecule has 0 saturated carbocycles. The lowest BCUT2D eigenvalue weighted by atomic mass is 10.1. The van der Waals surface area contributed by atoms with Crippen molar-refractivity contribution < 1.29 is 4.74 Å². The van der Waals surface area contributed by atoms with Crippen LogP contribution in [0.4, 0.5) is 5.82 Å². The maximum Gasteiger partial charge on any atom is 0.291 e. The summed E-state index contributed by atoms with van der Waals surface area (Å²) in [5.41, 5.74) is 2.76. The van der Waals surface area contributed by atoms with Gasteiger partial charge in [0.05, 0.1) is 18.5 Å². The van der Waals surface area contributed by atoms with Crippen molar-refractivity contribution in [2.75, 3.05) is 7.11 Å². The summed E-state index contributed by atoms with van der Waals surface area (Å²) in [4.78, 5) is 29.8. The third-order valence-corrected chi connectivity index (χ3v) is 4.16. The predicted molar refractivity (Wildman–Crippen MR) is 97.4 cm³/mol. The highest BCUT2D eigenvalue weighted by Crippen LogP contribution is 2.33. The van der Waals surface area contributed by atoms with E-state index in [9.17, 15) is 10.5 Å². The van der Waals surface area contributed by atoms with E-state index in [0.717, 1.165) is 0 Å². The quantitative estimate of drug-likeness (QED) is 0.366. The molecule has 0 bridgehead atoms. The Morgan fingerprint density at radius 1 is 0.750 bits per heavy atom. The van der Waals surface area contributed by atoms with Gasteiger partial charge in [0.15, 0.2) is 5.69 Å². The van der Waals surface area contributed by atoms with Crippen LogP contribution in [0.5, 0.6) is 5.88 Å². The van der Waals surface area contributed by atoms with Crippen molar-refractivity contribution in [2.24, 2.45) is 0 Å². The molecule has 1 aromatic carbocycles. The monoisotopic (exact) mass is 367 g/mol. The molecule has 132 valence electrons. The lowest BCUT2D eigenvalue weighted by molar-refractivity contribution is 0.396. The molecule has 0 unspecified atom stereocenters. The molecular formula is C18H9N9O. The highest BCUT2D eigenvalue weighted by Gasteiger charge is 2.23. The molecule has 3 aromatic heterocycles. The van der Waals surface area contributed by atoms with E-state index in [1.807, 2.05) is 12.1 Å². The minimum absolute atomic E-state index is 0.0232. The lowest BCUT2D eigenvalue weighted by Crippen LogP contribution is -2.03. The van der Waals surface area contributed by atoms with Gasteiger partial charge in [-0.1, -0.05) is 6.57 Å². The third-order valence-electron chi connectivity index (χ3n) is 4.16. The van der Waals surface area contributed by atoms with Gasteiger partial charge in [-0.15, -0.1) is 4.98 Å². The van der Waals surface area contributed by atoms with E-state index in [1.54, 1.807) is 13.8 Å². The molecule has 4 rings (SSSR count). The van der Waals surface area contributed by atoms with Gasteiger partial charge < -0.3 is 9.58 Å². The number of rotatable bonds is 1. The van der Waals surface area contributed by atoms with Gasteiger partial charge in [0, 0.05) is 0 Å². The van der Waals surface area contributed by atoms with E-state index in [-0.39, 0.29) is 39.6 Å². The van der Waals surface area contributed by atoms with E-state index in [1.165, 1.54) is 7.11 Å². The number of fused-ring (bicyclic) bond motifs is 6. The summed E-state index contributed by atoms with van der Waals surface area (Å²) in [6, 6.07) is 3.93. The van der Waals surface area contributed by atoms with Gasteiger partial charge in [-0.05, 0) is 13.8 Å². The van der Waals surface area contributed by atoms with Crippen LogP contribution in [0.2, 0.25) is 0 Å². The van der Waals surface area contributed by atoms with Gasteiger partial charge in [-0.3, -0.25) is 4.98 Å². The number of hydrogen-bond donors (Lipinski definition) is 0. The molecule has 0 atom stereocenters. The number of methoxy groups -OCH3 is 1. The van der Waals surface area contributed by atoms with Crippen molar-refractivity contribution in [1.82, 2.24) is 29.9 Å². The van der Waals surface area contributed by atoms with Crippen molar-refractivity contribution in [2.45, 2.75) is 13.8 Å². The zero-order chi connectivity index (χ0) is 20.0. The average molecular weight is 367 g/mol. The summed E-state index contributed by atoms with van der Waals surface area (Å²) in [6.07, 6.45) is 0. The van der Waals surface area contributed by atoms with Gasteiger partial charge in [-0.25, -0.2) is 19.9 Å². The summed E-state index contributed by atoms with van der Waals surface area (Å²) >= 11 is 0. The van der Waals surface area contributed by atoms with Crippen molar-refractivity contribution >= 4 is 38.9 Å². The molecular weight excluding hydrogens is 358 g/mol. The summed E-state index contributed by atoms with van der Waals surface area (Å²) < 4.78 is 5.16. The molecule has 0 aliphatic rings. The van der Waals surface area contributed by atoms with E-state index >= 15 is 0 Å². The van der Waals surface area contributed by atoms with Crippen LogP contribution in [0.15, 0.2) is 0 Å². The van der Waals surface area contributed by atoms with Crippen LogP contribution in [-0.4, -0.2) is 37.0 Å². The number of benzene rings is 1. The lowest BCUT2D eigenvalue weighted by Gasteiger charge is -2.09. The molecule has 0 radical (unpaired) electrons. The third kappa shape index (κ3) is 2.24. The molecule has 3 heterocycles. The van der Waals surface area contributed by atoms with Crippen LogP contribution in [0.1, 0.15) is 22.8 Å². The molecule has 28 heavy (non-hydrogen) atoms. The highest BCUT2D eigenvalue weighted by molar-refractivity contribution is 6.18. The fraction of sp³-hybridized carbons (Fsp3) is 0.167. The first-order valence-electron chi connectivity index (χ1n) is 7.94. The number of aryl methyl sites for hydroxylation is 2. The van der Waals surface area contributed by atoms with E-state index in [2.05, 4.69) is 34.7 Å². The molecule has 4 aromatic rings. The SMILES string of the molecule is [C-]#[N+]c1nc2c3nc(C)c(C#N)nc3c3nc(OC)c(C#N)nc3c2nc1C. The second-order valence-corrected chi connectivity index (χ2v) is 5.80. The average Bonchev–Trinajstić information content (AvgIpc) is 2.72. The first-order chi connectivity index (χ1) is 13.5. The van der Waals surface area contributed by atoms with Crippen LogP contribution in [-0.2, 0) is 0 Å². The van der Waals surface area contributed by atoms with Crippen molar-refractivity contribution in [3.63, 3.8) is 0 Å². The topological polar surface area (TPSA) is 139 Å². The second kappa shape index (κ2) is 6.04. The Bertz CT molecular complexity index is 1420. The molecule has 10 heteroatoms. The Labute approximate surface area is 157 Å². The van der Waals surface area contributed by atoms with E-state index in [4.69, 9.17) is 11.3 Å². The molecule has 0 aliphatic carbocycles. The minimum atomic E-state index is -0.0232. The smallest absolute Gasteiger partial charge is 0.291 e. The zero-order valence-corrected chi connectivity index (χ0v) is 14.9. The number of nitrogens with zero attached hydrogens (tertiary/aromatic N) is 9. The molecule has 0 amide bonds. The van der Waals surface area contributed by atoms with Gasteiger partial charge in [0.2, 0.25) is 11.2 Å². The van der Waals surface area contributed by atoms with Crippen LogP contribution in [0.3, 0.4) is 0 Å². The van der Waals surface area contributed by atoms with Crippen molar-refractivity contribution in [3.05, 3.63) is 34.2 Å².